The fourth-order valence-electron chi connectivity index (χ4n) is 17.3. The van der Waals surface area contributed by atoms with Crippen molar-refractivity contribution in [3.63, 3.8) is 0 Å². The number of hydrogen-bond acceptors (Lipinski definition) is 2. The van der Waals surface area contributed by atoms with Crippen LogP contribution in [0, 0.1) is 0 Å². The second kappa shape index (κ2) is 25.6. The summed E-state index contributed by atoms with van der Waals surface area (Å²) in [7, 11) is 0. The summed E-state index contributed by atoms with van der Waals surface area (Å²) in [5, 5.41) is 7.43. The van der Waals surface area contributed by atoms with Crippen LogP contribution in [0.5, 0.6) is 0 Å². The van der Waals surface area contributed by atoms with Gasteiger partial charge in [0.25, 0.3) is 6.71 Å². The van der Waals surface area contributed by atoms with Gasteiger partial charge in [-0.3, -0.25) is 0 Å². The van der Waals surface area contributed by atoms with Crippen molar-refractivity contribution in [2.75, 3.05) is 9.80 Å². The molecule has 0 saturated carbocycles. The molecule has 0 bridgehead atoms. The quantitative estimate of drug-likeness (QED) is 0.0999. The van der Waals surface area contributed by atoms with E-state index >= 15 is 0 Å². The summed E-state index contributed by atoms with van der Waals surface area (Å²) in [6, 6.07) is 132. The Balaban J connectivity index is 0.980. The smallest absolute Gasteiger partial charge is 0.252 e. The first kappa shape index (κ1) is 66.2. The molecule has 0 aliphatic carbocycles. The number of fused-ring (bicyclic) bond motifs is 9. The van der Waals surface area contributed by atoms with Gasteiger partial charge in [-0.1, -0.05) is 311 Å². The van der Waals surface area contributed by atoms with Gasteiger partial charge >= 0.3 is 0 Å². The fraction of sp³-hybridized carbons (Fsp3) is 0.115. The van der Waals surface area contributed by atoms with Crippen molar-refractivity contribution in [2.24, 2.45) is 0 Å². The first-order chi connectivity index (χ1) is 52.4. The van der Waals surface area contributed by atoms with Crippen LogP contribution in [0.15, 0.2) is 346 Å². The molecule has 0 atom stereocenters. The zero-order chi connectivity index (χ0) is 73.3. The third kappa shape index (κ3) is 11.4. The molecule has 0 amide bonds. The van der Waals surface area contributed by atoms with Gasteiger partial charge in [-0.05, 0) is 224 Å². The molecule has 3 nitrogen and oxygen atoms in total. The van der Waals surface area contributed by atoms with E-state index in [1.54, 1.807) is 0 Å². The van der Waals surface area contributed by atoms with E-state index in [1.165, 1.54) is 76.4 Å². The second-order valence-corrected chi connectivity index (χ2v) is 32.9. The Morgan fingerprint density at radius 1 is 0.231 bits per heavy atom. The van der Waals surface area contributed by atoms with Crippen LogP contribution < -0.4 is 26.2 Å². The first-order valence-electron chi connectivity index (χ1n) is 38.2. The Morgan fingerprint density at radius 3 is 1.00 bits per heavy atom. The maximum Gasteiger partial charge on any atom is 0.252 e. The van der Waals surface area contributed by atoms with Gasteiger partial charge in [-0.2, -0.15) is 0 Å². The normalized spacial score (nSPS) is 12.8. The molecule has 108 heavy (non-hydrogen) atoms. The van der Waals surface area contributed by atoms with Crippen LogP contribution in [0.25, 0.3) is 127 Å². The second-order valence-electron chi connectivity index (χ2n) is 32.9. The molecule has 17 aromatic rings. The number of nitrogens with zero attached hydrogens (tertiary/aromatic N) is 3. The van der Waals surface area contributed by atoms with Crippen molar-refractivity contribution in [3.05, 3.63) is 362 Å². The number of hydrogen-bond donors (Lipinski definition) is 0. The molecule has 16 aromatic carbocycles. The van der Waals surface area contributed by atoms with E-state index in [2.05, 4.69) is 422 Å². The summed E-state index contributed by atoms with van der Waals surface area (Å²) in [5.41, 5.74) is 33.4. The Kier molecular flexibility index (Phi) is 15.7. The maximum absolute atomic E-state index is 2.73. The van der Waals surface area contributed by atoms with Crippen molar-refractivity contribution in [1.82, 2.24) is 4.57 Å². The van der Waals surface area contributed by atoms with Crippen LogP contribution >= 0.6 is 0 Å². The predicted molar refractivity (Wildman–Crippen MR) is 464 cm³/mol. The van der Waals surface area contributed by atoms with Crippen LogP contribution in [0.2, 0.25) is 0 Å². The lowest BCUT2D eigenvalue weighted by atomic mass is 9.33. The molecule has 0 saturated heterocycles. The van der Waals surface area contributed by atoms with Crippen LogP contribution in [0.4, 0.5) is 34.1 Å². The summed E-state index contributed by atoms with van der Waals surface area (Å²) >= 11 is 0. The monoisotopic (exact) mass is 1390 g/mol. The molecule has 2 aliphatic heterocycles. The third-order valence-corrected chi connectivity index (χ3v) is 22.9. The zero-order valence-electron chi connectivity index (χ0n) is 62.8. The van der Waals surface area contributed by atoms with E-state index in [9.17, 15) is 0 Å². The highest BCUT2D eigenvalue weighted by Crippen LogP contribution is 2.56. The Labute approximate surface area is 635 Å². The molecule has 0 radical (unpaired) electrons. The Morgan fingerprint density at radius 2 is 0.583 bits per heavy atom. The first-order valence-corrected chi connectivity index (χ1v) is 38.2. The zero-order valence-corrected chi connectivity index (χ0v) is 62.8. The molecule has 518 valence electrons. The molecule has 0 fully saturated rings. The van der Waals surface area contributed by atoms with Crippen LogP contribution in [0.3, 0.4) is 0 Å². The van der Waals surface area contributed by atoms with Gasteiger partial charge in [0.1, 0.15) is 0 Å². The summed E-state index contributed by atoms with van der Waals surface area (Å²) in [4.78, 5) is 5.45. The van der Waals surface area contributed by atoms with Gasteiger partial charge in [-0.25, -0.2) is 0 Å². The van der Waals surface area contributed by atoms with Crippen molar-refractivity contribution >= 4 is 101 Å². The highest BCUT2D eigenvalue weighted by molar-refractivity contribution is 7.00. The Hall–Kier alpha value is -12.5. The standard InChI is InChI=1S/C104H84BN3/c1-102(2,3)81-47-52-93-89(62-81)90-63-82(103(4,5)6)48-53-94(90)106(93)84-49-51-92-96(66-84)108(101-87(71-38-24-14-25-39-71)59-80(68-32-18-11-19-33-68)60-88(101)72-40-26-15-27-41-72)98-65-83(104(7,8)9)64-97-99(98)105(92)91-50-46-77(75-44-45-76-54-73-42-28-29-43-74(73)55-78(76)56-75)61-95(91)107(97)100-85(69-34-20-12-21-35-69)57-79(67-30-16-10-17-31-67)58-86(100)70-36-22-13-23-37-70/h10-66H,1-9H3. The van der Waals surface area contributed by atoms with E-state index < -0.39 is 0 Å². The molecule has 0 unspecified atom stereocenters. The van der Waals surface area contributed by atoms with Crippen LogP contribution in [-0.2, 0) is 16.2 Å². The highest BCUT2D eigenvalue weighted by Gasteiger charge is 2.46. The average molecular weight is 1390 g/mol. The van der Waals surface area contributed by atoms with E-state index in [4.69, 9.17) is 0 Å². The molecule has 1 aromatic heterocycles. The lowest BCUT2D eigenvalue weighted by Crippen LogP contribution is -2.61. The third-order valence-electron chi connectivity index (χ3n) is 22.9. The lowest BCUT2D eigenvalue weighted by Gasteiger charge is -2.46. The average Bonchev–Trinajstić information content (AvgIpc) is 0.695. The van der Waals surface area contributed by atoms with E-state index in [0.29, 0.717) is 0 Å². The summed E-state index contributed by atoms with van der Waals surface area (Å²) in [6.07, 6.45) is 0. The number of anilines is 6. The summed E-state index contributed by atoms with van der Waals surface area (Å²) in [6.45, 7) is 21.0. The number of rotatable bonds is 10. The topological polar surface area (TPSA) is 11.4 Å². The van der Waals surface area contributed by atoms with Gasteiger partial charge < -0.3 is 14.4 Å². The minimum atomic E-state index is -0.345. The minimum Gasteiger partial charge on any atom is -0.310 e. The highest BCUT2D eigenvalue weighted by atomic mass is 15.2. The fourth-order valence-corrected chi connectivity index (χ4v) is 17.3. The minimum absolute atomic E-state index is 0.0625. The Bertz CT molecular complexity index is 6200. The molecule has 0 spiro atoms. The molecule has 0 N–H and O–H groups in total. The largest absolute Gasteiger partial charge is 0.310 e. The van der Waals surface area contributed by atoms with E-state index in [-0.39, 0.29) is 23.0 Å². The van der Waals surface area contributed by atoms with Crippen LogP contribution in [0.1, 0.15) is 79.0 Å². The molecule has 3 heterocycles. The molecular weight excluding hydrogens is 1300 g/mol. The van der Waals surface area contributed by atoms with Gasteiger partial charge in [0.2, 0.25) is 0 Å². The lowest BCUT2D eigenvalue weighted by molar-refractivity contribution is 0.590. The van der Waals surface area contributed by atoms with E-state index in [1.807, 2.05) is 0 Å². The van der Waals surface area contributed by atoms with Gasteiger partial charge in [-0.15, -0.1) is 0 Å². The van der Waals surface area contributed by atoms with Crippen molar-refractivity contribution in [1.29, 1.82) is 0 Å². The molecule has 4 heteroatoms. The summed E-state index contributed by atoms with van der Waals surface area (Å²) < 4.78 is 2.56. The van der Waals surface area contributed by atoms with Gasteiger partial charge in [0.15, 0.2) is 0 Å². The maximum atomic E-state index is 2.73. The molecule has 2 aliphatic rings. The molecular formula is C104H84BN3. The van der Waals surface area contributed by atoms with Crippen molar-refractivity contribution in [3.8, 4) is 83.6 Å². The summed E-state index contributed by atoms with van der Waals surface area (Å²) in [5.74, 6) is 0. The number of benzene rings is 16. The SMILES string of the molecule is CC(C)(C)c1cc2c3c(c1)N(c1c(-c4ccccc4)cc(-c4ccccc4)cc1-c1ccccc1)c1cc(-n4c5ccc(C(C)(C)C)cc5c5cc(C(C)(C)C)ccc54)ccc1B3c1ccc(-c3ccc4cc5ccccc5cc4c3)cc1N2c1c(-c2ccccc2)cc(-c2ccccc2)cc1-c1ccccc1. The van der Waals surface area contributed by atoms with Crippen molar-refractivity contribution in [2.45, 2.75) is 78.6 Å². The predicted octanol–water partition coefficient (Wildman–Crippen LogP) is 26.7. The van der Waals surface area contributed by atoms with Gasteiger partial charge in [0, 0.05) is 61.5 Å². The van der Waals surface area contributed by atoms with Crippen molar-refractivity contribution < 1.29 is 0 Å². The molecule has 19 rings (SSSR count). The number of aromatic nitrogens is 1. The van der Waals surface area contributed by atoms with Gasteiger partial charge in [0.05, 0.1) is 22.4 Å². The van der Waals surface area contributed by atoms with E-state index in [0.717, 1.165) is 118 Å². The van der Waals surface area contributed by atoms with Crippen LogP contribution in [-0.4, -0.2) is 11.3 Å².